The van der Waals surface area contributed by atoms with Crippen molar-refractivity contribution in [1.82, 2.24) is 4.98 Å². The monoisotopic (exact) mass is 194 g/mol. The van der Waals surface area contributed by atoms with Crippen LogP contribution in [0.25, 0.3) is 0 Å². The SMILES string of the molecule is O=C=NC1(c2cccnc2Cl)CC1. The van der Waals surface area contributed by atoms with Crippen LogP contribution in [-0.4, -0.2) is 11.1 Å². The molecule has 1 saturated carbocycles. The molecule has 4 heteroatoms. The Morgan fingerprint density at radius 1 is 1.62 bits per heavy atom. The predicted octanol–water partition coefficient (Wildman–Crippen LogP) is 2.06. The molecule has 0 N–H and O–H groups in total. The van der Waals surface area contributed by atoms with Gasteiger partial charge in [-0.2, -0.15) is 4.99 Å². The van der Waals surface area contributed by atoms with Crippen molar-refractivity contribution in [3.8, 4) is 0 Å². The molecule has 0 bridgehead atoms. The number of carbonyl (C=O) groups excluding carboxylic acids is 1. The first kappa shape index (κ1) is 8.42. The highest BCUT2D eigenvalue weighted by Crippen LogP contribution is 2.50. The molecule has 0 radical (unpaired) electrons. The molecule has 1 aromatic rings. The number of halogens is 1. The van der Waals surface area contributed by atoms with Crippen molar-refractivity contribution in [3.63, 3.8) is 0 Å². The summed E-state index contributed by atoms with van der Waals surface area (Å²) in [7, 11) is 0. The first-order valence-corrected chi connectivity index (χ1v) is 4.36. The maximum absolute atomic E-state index is 10.2. The highest BCUT2D eigenvalue weighted by atomic mass is 35.5. The second kappa shape index (κ2) is 2.95. The lowest BCUT2D eigenvalue weighted by atomic mass is 10.1. The van der Waals surface area contributed by atoms with Gasteiger partial charge in [0.1, 0.15) is 10.7 Å². The van der Waals surface area contributed by atoms with E-state index in [0.29, 0.717) is 5.15 Å². The van der Waals surface area contributed by atoms with Gasteiger partial charge in [0.25, 0.3) is 0 Å². The number of nitrogens with zero attached hydrogens (tertiary/aromatic N) is 2. The summed E-state index contributed by atoms with van der Waals surface area (Å²) in [4.78, 5) is 17.9. The van der Waals surface area contributed by atoms with Crippen molar-refractivity contribution < 1.29 is 4.79 Å². The average Bonchev–Trinajstić information content (AvgIpc) is 2.87. The average molecular weight is 195 g/mol. The molecule has 0 unspecified atom stereocenters. The van der Waals surface area contributed by atoms with Crippen molar-refractivity contribution in [2.45, 2.75) is 18.4 Å². The molecule has 2 rings (SSSR count). The number of hydrogen-bond donors (Lipinski definition) is 0. The number of isocyanates is 1. The minimum Gasteiger partial charge on any atom is -0.244 e. The lowest BCUT2D eigenvalue weighted by molar-refractivity contribution is 0.556. The van der Waals surface area contributed by atoms with Crippen LogP contribution in [0.3, 0.4) is 0 Å². The standard InChI is InChI=1S/C9H7ClN2O/c10-8-7(2-1-5-11-8)9(3-4-9)12-6-13/h1-2,5H,3-4H2. The number of aliphatic imine (C=N–C) groups is 1. The van der Waals surface area contributed by atoms with E-state index in [9.17, 15) is 4.79 Å². The lowest BCUT2D eigenvalue weighted by Crippen LogP contribution is -2.03. The van der Waals surface area contributed by atoms with E-state index in [4.69, 9.17) is 11.6 Å². The molecule has 0 aromatic carbocycles. The van der Waals surface area contributed by atoms with Crippen LogP contribution < -0.4 is 0 Å². The van der Waals surface area contributed by atoms with Gasteiger partial charge in [0.05, 0.1) is 0 Å². The molecule has 1 aliphatic rings. The summed E-state index contributed by atoms with van der Waals surface area (Å²) in [6, 6.07) is 3.64. The van der Waals surface area contributed by atoms with Crippen LogP contribution in [0.4, 0.5) is 0 Å². The minimum atomic E-state index is -0.410. The fraction of sp³-hybridized carbons (Fsp3) is 0.333. The van der Waals surface area contributed by atoms with Crippen LogP contribution in [-0.2, 0) is 10.3 Å². The Bertz CT molecular complexity index is 381. The third kappa shape index (κ3) is 1.37. The van der Waals surface area contributed by atoms with Gasteiger partial charge in [-0.25, -0.2) is 9.78 Å². The molecule has 66 valence electrons. The fourth-order valence-corrected chi connectivity index (χ4v) is 1.68. The zero-order chi connectivity index (χ0) is 9.31. The Balaban J connectivity index is 2.46. The Hall–Kier alpha value is -1.18. The molecule has 13 heavy (non-hydrogen) atoms. The Kier molecular flexibility index (Phi) is 1.91. The van der Waals surface area contributed by atoms with Crippen LogP contribution >= 0.6 is 11.6 Å². The molecule has 3 nitrogen and oxygen atoms in total. The summed E-state index contributed by atoms with van der Waals surface area (Å²) < 4.78 is 0. The maximum Gasteiger partial charge on any atom is 0.235 e. The molecule has 0 spiro atoms. The van der Waals surface area contributed by atoms with Crippen LogP contribution in [0.1, 0.15) is 18.4 Å². The van der Waals surface area contributed by atoms with Crippen LogP contribution in [0.5, 0.6) is 0 Å². The zero-order valence-electron chi connectivity index (χ0n) is 6.83. The van der Waals surface area contributed by atoms with E-state index in [1.54, 1.807) is 18.3 Å². The zero-order valence-corrected chi connectivity index (χ0v) is 7.58. The topological polar surface area (TPSA) is 42.3 Å². The first-order valence-electron chi connectivity index (χ1n) is 3.98. The van der Waals surface area contributed by atoms with Crippen LogP contribution in [0, 0.1) is 0 Å². The van der Waals surface area contributed by atoms with Crippen molar-refractivity contribution in [3.05, 3.63) is 29.0 Å². The third-order valence-electron chi connectivity index (χ3n) is 2.24. The normalized spacial score (nSPS) is 17.6. The molecular weight excluding hydrogens is 188 g/mol. The summed E-state index contributed by atoms with van der Waals surface area (Å²) >= 11 is 5.88. The van der Waals surface area contributed by atoms with E-state index < -0.39 is 5.54 Å². The summed E-state index contributed by atoms with van der Waals surface area (Å²) in [5, 5.41) is 0.430. The highest BCUT2D eigenvalue weighted by molar-refractivity contribution is 6.30. The van der Waals surface area contributed by atoms with E-state index >= 15 is 0 Å². The van der Waals surface area contributed by atoms with Crippen molar-refractivity contribution >= 4 is 17.7 Å². The predicted molar refractivity (Wildman–Crippen MR) is 48.3 cm³/mol. The number of pyridine rings is 1. The molecule has 0 aliphatic heterocycles. The molecule has 1 fully saturated rings. The van der Waals surface area contributed by atoms with E-state index in [2.05, 4.69) is 9.98 Å². The van der Waals surface area contributed by atoms with Crippen LogP contribution in [0.15, 0.2) is 23.3 Å². The molecule has 1 aliphatic carbocycles. The Morgan fingerprint density at radius 3 is 2.92 bits per heavy atom. The summed E-state index contributed by atoms with van der Waals surface area (Å²) in [6.07, 6.45) is 4.91. The largest absolute Gasteiger partial charge is 0.244 e. The van der Waals surface area contributed by atoms with Gasteiger partial charge in [-0.15, -0.1) is 0 Å². The molecule has 1 heterocycles. The number of hydrogen-bond acceptors (Lipinski definition) is 3. The lowest BCUT2D eigenvalue weighted by Gasteiger charge is -2.08. The van der Waals surface area contributed by atoms with Gasteiger partial charge in [-0.1, -0.05) is 17.7 Å². The molecule has 0 amide bonds. The van der Waals surface area contributed by atoms with E-state index in [1.165, 1.54) is 0 Å². The van der Waals surface area contributed by atoms with Gasteiger partial charge in [-0.3, -0.25) is 0 Å². The van der Waals surface area contributed by atoms with Gasteiger partial charge in [0.2, 0.25) is 6.08 Å². The van der Waals surface area contributed by atoms with Crippen molar-refractivity contribution in [1.29, 1.82) is 0 Å². The Morgan fingerprint density at radius 2 is 2.38 bits per heavy atom. The van der Waals surface area contributed by atoms with Gasteiger partial charge < -0.3 is 0 Å². The molecule has 0 atom stereocenters. The van der Waals surface area contributed by atoms with Gasteiger partial charge in [0, 0.05) is 11.8 Å². The highest BCUT2D eigenvalue weighted by Gasteiger charge is 2.46. The molecule has 0 saturated heterocycles. The maximum atomic E-state index is 10.2. The van der Waals surface area contributed by atoms with Crippen molar-refractivity contribution in [2.24, 2.45) is 4.99 Å². The van der Waals surface area contributed by atoms with E-state index in [1.807, 2.05) is 6.07 Å². The second-order valence-corrected chi connectivity index (χ2v) is 3.43. The fourth-order valence-electron chi connectivity index (χ4n) is 1.38. The van der Waals surface area contributed by atoms with Crippen LogP contribution in [0.2, 0.25) is 5.15 Å². The quantitative estimate of drug-likeness (QED) is 0.411. The summed E-state index contributed by atoms with van der Waals surface area (Å²) in [5.41, 5.74) is 0.424. The van der Waals surface area contributed by atoms with Gasteiger partial charge in [-0.05, 0) is 18.9 Å². The first-order chi connectivity index (χ1) is 6.28. The van der Waals surface area contributed by atoms with Gasteiger partial charge >= 0.3 is 0 Å². The molecular formula is C9H7ClN2O. The van der Waals surface area contributed by atoms with E-state index in [0.717, 1.165) is 18.4 Å². The summed E-state index contributed by atoms with van der Waals surface area (Å²) in [5.74, 6) is 0. The summed E-state index contributed by atoms with van der Waals surface area (Å²) in [6.45, 7) is 0. The van der Waals surface area contributed by atoms with E-state index in [-0.39, 0.29) is 0 Å². The second-order valence-electron chi connectivity index (χ2n) is 3.08. The number of aromatic nitrogens is 1. The smallest absolute Gasteiger partial charge is 0.235 e. The minimum absolute atomic E-state index is 0.410. The molecule has 1 aromatic heterocycles. The number of rotatable bonds is 2. The van der Waals surface area contributed by atoms with Gasteiger partial charge in [0.15, 0.2) is 0 Å². The Labute approximate surface area is 80.5 Å². The van der Waals surface area contributed by atoms with Crippen molar-refractivity contribution in [2.75, 3.05) is 0 Å². The third-order valence-corrected chi connectivity index (χ3v) is 2.54.